The molecule has 20 heavy (non-hydrogen) atoms. The van der Waals surface area contributed by atoms with Crippen LogP contribution in [0.5, 0.6) is 17.2 Å². The first-order valence-electron chi connectivity index (χ1n) is 5.86. The number of carboxylic acid groups (broad SMARTS) is 1. The number of benzene rings is 1. The molecule has 2 rings (SSSR count). The molecule has 1 aliphatic rings. The van der Waals surface area contributed by atoms with Gasteiger partial charge in [0.25, 0.3) is 0 Å². The Morgan fingerprint density at radius 1 is 1.20 bits per heavy atom. The van der Waals surface area contributed by atoms with Crippen LogP contribution in [0.1, 0.15) is 12.0 Å². The molecule has 0 bridgehead atoms. The van der Waals surface area contributed by atoms with Crippen LogP contribution in [0.2, 0.25) is 0 Å². The first kappa shape index (κ1) is 14.0. The van der Waals surface area contributed by atoms with Crippen LogP contribution in [-0.4, -0.2) is 44.2 Å². The molecule has 7 heteroatoms. The van der Waals surface area contributed by atoms with Gasteiger partial charge >= 0.3 is 5.97 Å². The van der Waals surface area contributed by atoms with Crippen molar-refractivity contribution in [1.29, 1.82) is 0 Å². The average molecular weight is 281 g/mol. The summed E-state index contributed by atoms with van der Waals surface area (Å²) in [6.07, 6.45) is -0.802. The molecule has 0 radical (unpaired) electrons. The molecule has 0 aliphatic carbocycles. The van der Waals surface area contributed by atoms with Gasteiger partial charge in [-0.2, -0.15) is 0 Å². The summed E-state index contributed by atoms with van der Waals surface area (Å²) in [6, 6.07) is 3.34. The third kappa shape index (κ3) is 2.47. The standard InChI is InChI=1S/C13H15NO6/c1-17-9-6-11(19-3)10(18-2)4-7(9)8-5-12(13(15)16)20-14-8/h4,6,12H,5H2,1-3H3,(H,15,16). The number of rotatable bonds is 5. The van der Waals surface area contributed by atoms with Gasteiger partial charge in [-0.15, -0.1) is 0 Å². The van der Waals surface area contributed by atoms with Gasteiger partial charge in [-0.05, 0) is 6.07 Å². The molecule has 108 valence electrons. The quantitative estimate of drug-likeness (QED) is 0.875. The van der Waals surface area contributed by atoms with Gasteiger partial charge in [0.2, 0.25) is 6.10 Å². The van der Waals surface area contributed by atoms with Crippen molar-refractivity contribution in [1.82, 2.24) is 0 Å². The highest BCUT2D eigenvalue weighted by atomic mass is 16.7. The zero-order chi connectivity index (χ0) is 14.7. The van der Waals surface area contributed by atoms with Gasteiger partial charge in [-0.25, -0.2) is 4.79 Å². The number of aliphatic carboxylic acids is 1. The van der Waals surface area contributed by atoms with Crippen LogP contribution in [0.25, 0.3) is 0 Å². The third-order valence-electron chi connectivity index (χ3n) is 2.96. The second-order valence-corrected chi connectivity index (χ2v) is 4.08. The topological polar surface area (TPSA) is 86.6 Å². The first-order chi connectivity index (χ1) is 9.60. The molecular formula is C13H15NO6. The predicted octanol–water partition coefficient (Wildman–Crippen LogP) is 1.29. The number of nitrogens with zero attached hydrogens (tertiary/aromatic N) is 1. The second kappa shape index (κ2) is 5.68. The predicted molar refractivity (Wildman–Crippen MR) is 69.8 cm³/mol. The Labute approximate surface area is 115 Å². The maximum Gasteiger partial charge on any atom is 0.348 e. The van der Waals surface area contributed by atoms with Gasteiger partial charge in [0, 0.05) is 18.1 Å². The Hall–Kier alpha value is -2.44. The number of hydrogen-bond donors (Lipinski definition) is 1. The number of methoxy groups -OCH3 is 3. The number of hydrogen-bond acceptors (Lipinski definition) is 6. The molecule has 1 aliphatic heterocycles. The maximum atomic E-state index is 10.9. The van der Waals surface area contributed by atoms with E-state index in [1.54, 1.807) is 12.1 Å². The third-order valence-corrected chi connectivity index (χ3v) is 2.96. The van der Waals surface area contributed by atoms with E-state index in [9.17, 15) is 4.79 Å². The normalized spacial score (nSPS) is 17.1. The monoisotopic (exact) mass is 281 g/mol. The van der Waals surface area contributed by atoms with Crippen LogP contribution in [-0.2, 0) is 9.63 Å². The number of oxime groups is 1. The summed E-state index contributed by atoms with van der Waals surface area (Å²) < 4.78 is 15.7. The molecule has 7 nitrogen and oxygen atoms in total. The van der Waals surface area contributed by atoms with Gasteiger partial charge in [0.15, 0.2) is 11.5 Å². The van der Waals surface area contributed by atoms with Crippen LogP contribution in [0.3, 0.4) is 0 Å². The maximum absolute atomic E-state index is 10.9. The van der Waals surface area contributed by atoms with E-state index in [4.69, 9.17) is 24.2 Å². The van der Waals surface area contributed by atoms with Crippen molar-refractivity contribution < 1.29 is 28.9 Å². The van der Waals surface area contributed by atoms with Crippen LogP contribution >= 0.6 is 0 Å². The fourth-order valence-electron chi connectivity index (χ4n) is 1.92. The van der Waals surface area contributed by atoms with Crippen molar-refractivity contribution in [3.05, 3.63) is 17.7 Å². The van der Waals surface area contributed by atoms with Crippen LogP contribution in [0.4, 0.5) is 0 Å². The van der Waals surface area contributed by atoms with Crippen LogP contribution in [0.15, 0.2) is 17.3 Å². The van der Waals surface area contributed by atoms with Crippen LogP contribution in [0, 0.1) is 0 Å². The van der Waals surface area contributed by atoms with E-state index in [1.807, 2.05) is 0 Å². The molecule has 0 spiro atoms. The molecule has 1 aromatic carbocycles. The van der Waals surface area contributed by atoms with E-state index >= 15 is 0 Å². The molecule has 1 atom stereocenters. The summed E-state index contributed by atoms with van der Waals surface area (Å²) in [7, 11) is 4.55. The van der Waals surface area contributed by atoms with E-state index in [-0.39, 0.29) is 6.42 Å². The van der Waals surface area contributed by atoms with Gasteiger partial charge in [-0.3, -0.25) is 0 Å². The van der Waals surface area contributed by atoms with E-state index < -0.39 is 12.1 Å². The SMILES string of the molecule is COc1cc(OC)c(C2=NOC(C(=O)O)C2)cc1OC. The lowest BCUT2D eigenvalue weighted by Gasteiger charge is -2.13. The molecular weight excluding hydrogens is 266 g/mol. The minimum atomic E-state index is -1.05. The van der Waals surface area contributed by atoms with E-state index in [0.29, 0.717) is 28.5 Å². The largest absolute Gasteiger partial charge is 0.496 e. The Morgan fingerprint density at radius 2 is 1.80 bits per heavy atom. The number of carboxylic acids is 1. The highest BCUT2D eigenvalue weighted by Gasteiger charge is 2.30. The zero-order valence-electron chi connectivity index (χ0n) is 11.4. The lowest BCUT2D eigenvalue weighted by Crippen LogP contribution is -2.20. The number of ether oxygens (including phenoxy) is 3. The van der Waals surface area contributed by atoms with Gasteiger partial charge < -0.3 is 24.2 Å². The molecule has 0 saturated carbocycles. The summed E-state index contributed by atoms with van der Waals surface area (Å²) in [5.74, 6) is 0.478. The molecule has 0 saturated heterocycles. The van der Waals surface area contributed by atoms with E-state index in [0.717, 1.165) is 0 Å². The van der Waals surface area contributed by atoms with Crippen molar-refractivity contribution in [3.8, 4) is 17.2 Å². The molecule has 0 fully saturated rings. The summed E-state index contributed by atoms with van der Waals surface area (Å²) in [6.45, 7) is 0. The molecule has 1 heterocycles. The summed E-state index contributed by atoms with van der Waals surface area (Å²) >= 11 is 0. The minimum Gasteiger partial charge on any atom is -0.496 e. The fraction of sp³-hybridized carbons (Fsp3) is 0.385. The molecule has 0 aromatic heterocycles. The minimum absolute atomic E-state index is 0.168. The summed E-state index contributed by atoms with van der Waals surface area (Å²) in [5, 5.41) is 12.7. The van der Waals surface area contributed by atoms with E-state index in [2.05, 4.69) is 5.16 Å². The summed E-state index contributed by atoms with van der Waals surface area (Å²) in [5.41, 5.74) is 1.11. The van der Waals surface area contributed by atoms with Crippen LogP contribution < -0.4 is 14.2 Å². The lowest BCUT2D eigenvalue weighted by molar-refractivity contribution is -0.148. The fourth-order valence-corrected chi connectivity index (χ4v) is 1.92. The highest BCUT2D eigenvalue weighted by Crippen LogP contribution is 2.36. The van der Waals surface area contributed by atoms with Crippen molar-refractivity contribution in [2.24, 2.45) is 5.16 Å². The number of carbonyl (C=O) groups is 1. The molecule has 0 amide bonds. The second-order valence-electron chi connectivity index (χ2n) is 4.08. The Kier molecular flexibility index (Phi) is 3.97. The van der Waals surface area contributed by atoms with Crippen molar-refractivity contribution in [2.75, 3.05) is 21.3 Å². The Bertz CT molecular complexity index is 554. The van der Waals surface area contributed by atoms with Crippen molar-refractivity contribution >= 4 is 11.7 Å². The molecule has 1 N–H and O–H groups in total. The van der Waals surface area contributed by atoms with Crippen molar-refractivity contribution in [3.63, 3.8) is 0 Å². The lowest BCUT2D eigenvalue weighted by atomic mass is 10.0. The average Bonchev–Trinajstić information content (AvgIpc) is 2.95. The smallest absolute Gasteiger partial charge is 0.348 e. The first-order valence-corrected chi connectivity index (χ1v) is 5.86. The van der Waals surface area contributed by atoms with Gasteiger partial charge in [0.05, 0.1) is 27.0 Å². The molecule has 1 unspecified atom stereocenters. The Balaban J connectivity index is 2.39. The van der Waals surface area contributed by atoms with Crippen molar-refractivity contribution in [2.45, 2.75) is 12.5 Å². The van der Waals surface area contributed by atoms with Gasteiger partial charge in [0.1, 0.15) is 5.75 Å². The summed E-state index contributed by atoms with van der Waals surface area (Å²) in [4.78, 5) is 15.8. The van der Waals surface area contributed by atoms with Gasteiger partial charge in [-0.1, -0.05) is 5.16 Å². The Morgan fingerprint density at radius 3 is 2.30 bits per heavy atom. The highest BCUT2D eigenvalue weighted by molar-refractivity contribution is 6.05. The molecule has 1 aromatic rings. The van der Waals surface area contributed by atoms with E-state index in [1.165, 1.54) is 21.3 Å². The zero-order valence-corrected chi connectivity index (χ0v) is 11.4.